The third-order valence-corrected chi connectivity index (χ3v) is 8.39. The number of aromatic amines is 1. The first-order valence-corrected chi connectivity index (χ1v) is 14.7. The average molecular weight is 596 g/mol. The highest BCUT2D eigenvalue weighted by Gasteiger charge is 2.26. The number of fused-ring (bicyclic) bond motifs is 1. The van der Waals surface area contributed by atoms with Gasteiger partial charge in [-0.1, -0.05) is 12.1 Å². The van der Waals surface area contributed by atoms with Gasteiger partial charge in [0, 0.05) is 35.4 Å². The number of ether oxygens (including phenoxy) is 2. The molecule has 11 nitrogen and oxygen atoms in total. The number of benzene rings is 2. The molecule has 1 N–H and O–H groups in total. The average Bonchev–Trinajstić information content (AvgIpc) is 3.61. The molecular weight excluding hydrogens is 565 g/mol. The Kier molecular flexibility index (Phi) is 7.64. The number of rotatable bonds is 9. The summed E-state index contributed by atoms with van der Waals surface area (Å²) >= 11 is 0. The molecule has 3 aromatic heterocycles. The highest BCUT2D eigenvalue weighted by Crippen LogP contribution is 2.30. The van der Waals surface area contributed by atoms with E-state index in [4.69, 9.17) is 29.2 Å². The quantitative estimate of drug-likeness (QED) is 0.261. The van der Waals surface area contributed by atoms with Crippen LogP contribution in [0.3, 0.4) is 0 Å². The third kappa shape index (κ3) is 5.84. The number of imidazole rings is 1. The Labute approximate surface area is 251 Å². The summed E-state index contributed by atoms with van der Waals surface area (Å²) in [6.07, 6.45) is 3.05. The van der Waals surface area contributed by atoms with Crippen molar-refractivity contribution < 1.29 is 18.4 Å². The number of nitrogens with zero attached hydrogens (tertiary/aromatic N) is 6. The van der Waals surface area contributed by atoms with Crippen molar-refractivity contribution in [3.05, 3.63) is 93.6 Å². The molecule has 0 saturated carbocycles. The normalized spacial score (nSPS) is 17.4. The highest BCUT2D eigenvalue weighted by atomic mass is 19.1. The van der Waals surface area contributed by atoms with Crippen molar-refractivity contribution >= 4 is 11.0 Å². The van der Waals surface area contributed by atoms with E-state index >= 15 is 0 Å². The summed E-state index contributed by atoms with van der Waals surface area (Å²) in [7, 11) is 0. The number of piperidine rings is 1. The van der Waals surface area contributed by atoms with Gasteiger partial charge in [0.05, 0.1) is 41.9 Å². The van der Waals surface area contributed by atoms with E-state index in [1.165, 1.54) is 6.07 Å². The number of likely N-dealkylation sites (tertiary alicyclic amines) is 1. The Morgan fingerprint density at radius 3 is 2.66 bits per heavy atom. The van der Waals surface area contributed by atoms with Gasteiger partial charge >= 0.3 is 5.76 Å². The molecule has 0 unspecified atom stereocenters. The highest BCUT2D eigenvalue weighted by molar-refractivity contribution is 5.81. The minimum absolute atomic E-state index is 0.0390. The molecule has 2 saturated heterocycles. The number of pyridine rings is 1. The smallest absolute Gasteiger partial charge is 0.460 e. The molecule has 5 heterocycles. The number of hydrogen-bond donors (Lipinski definition) is 1. The molecular formula is C32H30FN7O4. The van der Waals surface area contributed by atoms with Crippen LogP contribution >= 0.6 is 0 Å². The van der Waals surface area contributed by atoms with Crippen LogP contribution in [0.4, 0.5) is 4.39 Å². The molecule has 224 valence electrons. The maximum absolute atomic E-state index is 14.3. The largest absolute Gasteiger partial charge is 0.473 e. The summed E-state index contributed by atoms with van der Waals surface area (Å²) in [4.78, 5) is 27.5. The van der Waals surface area contributed by atoms with Crippen LogP contribution in [0.25, 0.3) is 22.4 Å². The Hall–Kier alpha value is -4.86. The van der Waals surface area contributed by atoms with Gasteiger partial charge < -0.3 is 18.6 Å². The summed E-state index contributed by atoms with van der Waals surface area (Å²) in [6.45, 7) is 4.02. The molecule has 2 fully saturated rings. The molecule has 1 atom stereocenters. The summed E-state index contributed by atoms with van der Waals surface area (Å²) in [5, 5.41) is 11.5. The van der Waals surface area contributed by atoms with Gasteiger partial charge in [-0.05, 0) is 68.8 Å². The van der Waals surface area contributed by atoms with E-state index in [0.29, 0.717) is 30.4 Å². The predicted molar refractivity (Wildman–Crippen MR) is 157 cm³/mol. The van der Waals surface area contributed by atoms with Gasteiger partial charge in [0.15, 0.2) is 5.82 Å². The Bertz CT molecular complexity index is 1900. The van der Waals surface area contributed by atoms with Crippen molar-refractivity contribution in [2.45, 2.75) is 51.0 Å². The van der Waals surface area contributed by atoms with Crippen LogP contribution in [0.5, 0.6) is 5.88 Å². The van der Waals surface area contributed by atoms with Gasteiger partial charge in [-0.3, -0.25) is 4.90 Å². The van der Waals surface area contributed by atoms with Crippen molar-refractivity contribution in [2.24, 2.45) is 0 Å². The Balaban J connectivity index is 1.02. The van der Waals surface area contributed by atoms with Crippen LogP contribution in [-0.2, 0) is 24.4 Å². The number of halogens is 1. The van der Waals surface area contributed by atoms with Crippen LogP contribution in [-0.4, -0.2) is 55.4 Å². The lowest BCUT2D eigenvalue weighted by Gasteiger charge is -2.32. The first-order valence-electron chi connectivity index (χ1n) is 14.7. The second-order valence-electron chi connectivity index (χ2n) is 11.2. The van der Waals surface area contributed by atoms with Crippen molar-refractivity contribution in [1.29, 1.82) is 5.26 Å². The molecule has 44 heavy (non-hydrogen) atoms. The molecule has 2 aromatic carbocycles. The fraction of sp³-hybridized carbons (Fsp3) is 0.344. The summed E-state index contributed by atoms with van der Waals surface area (Å²) < 4.78 is 32.8. The van der Waals surface area contributed by atoms with E-state index in [0.717, 1.165) is 67.1 Å². The first-order chi connectivity index (χ1) is 21.5. The lowest BCUT2D eigenvalue weighted by Crippen LogP contribution is -2.35. The van der Waals surface area contributed by atoms with Crippen molar-refractivity contribution in [1.82, 2.24) is 29.6 Å². The van der Waals surface area contributed by atoms with Crippen molar-refractivity contribution in [2.75, 3.05) is 19.7 Å². The summed E-state index contributed by atoms with van der Waals surface area (Å²) in [5.41, 5.74) is 4.23. The molecule has 0 bridgehead atoms. The lowest BCUT2D eigenvalue weighted by molar-refractivity contribution is -0.0592. The molecule has 2 aliphatic heterocycles. The molecule has 0 amide bonds. The van der Waals surface area contributed by atoms with Crippen LogP contribution in [0.1, 0.15) is 47.8 Å². The fourth-order valence-corrected chi connectivity index (χ4v) is 5.84. The number of aromatic nitrogens is 5. The first kappa shape index (κ1) is 27.9. The van der Waals surface area contributed by atoms with Gasteiger partial charge in [-0.15, -0.1) is 0 Å². The maximum atomic E-state index is 14.3. The van der Waals surface area contributed by atoms with Crippen LogP contribution in [0, 0.1) is 17.1 Å². The molecule has 5 aromatic rings. The summed E-state index contributed by atoms with van der Waals surface area (Å²) in [6, 6.07) is 17.8. The molecule has 0 aliphatic carbocycles. The topological polar surface area (TPSA) is 135 Å². The van der Waals surface area contributed by atoms with E-state index in [2.05, 4.69) is 19.6 Å². The number of nitrogens with one attached hydrogen (secondary N) is 1. The minimum Gasteiger partial charge on any atom is -0.473 e. The number of hydrogen-bond acceptors (Lipinski definition) is 9. The molecule has 2 aliphatic rings. The second-order valence-corrected chi connectivity index (χ2v) is 11.2. The third-order valence-electron chi connectivity index (χ3n) is 8.39. The fourth-order valence-electron chi connectivity index (χ4n) is 5.84. The minimum atomic E-state index is -0.659. The standard InChI is InChI=1S/C32H30FN7O4/c33-25-14-20(16-34)4-5-23(25)19-43-30-3-1-2-26(36-30)21-8-11-39(12-9-21)18-29-35-27-7-6-22(31-37-32(41)44-38-31)15-28(27)40(29)17-24-10-13-42-24/h1-7,14-15,21,24H,8-13,17-19H2,(H,37,38,41)/t24-/m0/s1. The van der Waals surface area contributed by atoms with Crippen molar-refractivity contribution in [3.63, 3.8) is 0 Å². The van der Waals surface area contributed by atoms with Crippen molar-refractivity contribution in [3.8, 4) is 23.3 Å². The van der Waals surface area contributed by atoms with Gasteiger partial charge in [0.1, 0.15) is 18.2 Å². The zero-order chi connectivity index (χ0) is 30.0. The zero-order valence-corrected chi connectivity index (χ0v) is 23.9. The SMILES string of the molecule is N#Cc1ccc(COc2cccc(C3CCN(Cc4nc5ccc(-c6nc(=O)o[nH]6)cc5n4C[C@@H]4CCO4)CC3)n2)c(F)c1. The van der Waals surface area contributed by atoms with Gasteiger partial charge in [0.2, 0.25) is 5.88 Å². The van der Waals surface area contributed by atoms with Gasteiger partial charge in [-0.2, -0.15) is 15.4 Å². The molecule has 12 heteroatoms. The lowest BCUT2D eigenvalue weighted by atomic mass is 9.93. The van der Waals surface area contributed by atoms with Crippen LogP contribution in [0.15, 0.2) is 63.9 Å². The second kappa shape index (κ2) is 12.0. The van der Waals surface area contributed by atoms with Crippen LogP contribution in [0.2, 0.25) is 0 Å². The van der Waals surface area contributed by atoms with E-state index in [1.54, 1.807) is 18.2 Å². The Morgan fingerprint density at radius 1 is 1.07 bits per heavy atom. The summed E-state index contributed by atoms with van der Waals surface area (Å²) in [5.74, 6) is 0.980. The number of nitriles is 1. The molecule has 0 radical (unpaired) electrons. The van der Waals surface area contributed by atoms with Crippen LogP contribution < -0.4 is 10.5 Å². The van der Waals surface area contributed by atoms with E-state index < -0.39 is 11.6 Å². The molecule has 0 spiro atoms. The van der Waals surface area contributed by atoms with Gasteiger partial charge in [-0.25, -0.2) is 19.2 Å². The maximum Gasteiger partial charge on any atom is 0.460 e. The molecule has 7 rings (SSSR count). The van der Waals surface area contributed by atoms with Gasteiger partial charge in [0.25, 0.3) is 0 Å². The monoisotopic (exact) mass is 595 g/mol. The number of H-pyrrole nitrogens is 1. The zero-order valence-electron chi connectivity index (χ0n) is 23.9. The van der Waals surface area contributed by atoms with E-state index in [-0.39, 0.29) is 24.2 Å². The van der Waals surface area contributed by atoms with E-state index in [1.807, 2.05) is 36.4 Å². The Morgan fingerprint density at radius 2 is 1.93 bits per heavy atom. The predicted octanol–water partition coefficient (Wildman–Crippen LogP) is 4.53. The van der Waals surface area contributed by atoms with E-state index in [9.17, 15) is 9.18 Å².